The number of fused-ring (bicyclic) bond motifs is 1. The van der Waals surface area contributed by atoms with Crippen LogP contribution in [0.3, 0.4) is 0 Å². The van der Waals surface area contributed by atoms with E-state index in [1.807, 2.05) is 25.1 Å². The highest BCUT2D eigenvalue weighted by Gasteiger charge is 2.28. The number of hydrogen-bond acceptors (Lipinski definition) is 3. The molecule has 0 bridgehead atoms. The van der Waals surface area contributed by atoms with Crippen LogP contribution in [0.25, 0.3) is 10.9 Å². The zero-order valence-electron chi connectivity index (χ0n) is 10.7. The van der Waals surface area contributed by atoms with E-state index in [1.165, 1.54) is 18.2 Å². The third-order valence-corrected chi connectivity index (χ3v) is 3.60. The molecule has 0 aliphatic heterocycles. The highest BCUT2D eigenvalue weighted by atomic mass is 14.9. The molecular formula is C15H19N3. The van der Waals surface area contributed by atoms with Crippen molar-refractivity contribution in [1.82, 2.24) is 4.98 Å². The fraction of sp³-hybridized carbons (Fsp3) is 0.400. The first-order valence-corrected chi connectivity index (χ1v) is 6.60. The van der Waals surface area contributed by atoms with E-state index in [0.717, 1.165) is 29.4 Å². The van der Waals surface area contributed by atoms with Gasteiger partial charge in [-0.2, -0.15) is 0 Å². The van der Waals surface area contributed by atoms with Gasteiger partial charge in [-0.05, 0) is 37.8 Å². The standard InChI is InChI=1S/C15H19N3/c1-10-8-15(17-9-13(16)11-6-7-11)12-4-2-3-5-14(12)18-10/h2-5,8,11,13H,6-7,9,16H2,1H3,(H,17,18). The van der Waals surface area contributed by atoms with Gasteiger partial charge in [-0.3, -0.25) is 4.98 Å². The van der Waals surface area contributed by atoms with Crippen LogP contribution in [0.15, 0.2) is 30.3 Å². The topological polar surface area (TPSA) is 50.9 Å². The molecule has 0 radical (unpaired) electrons. The van der Waals surface area contributed by atoms with Crippen molar-refractivity contribution in [2.24, 2.45) is 11.7 Å². The lowest BCUT2D eigenvalue weighted by Gasteiger charge is -2.14. The van der Waals surface area contributed by atoms with Crippen LogP contribution in [-0.2, 0) is 0 Å². The van der Waals surface area contributed by atoms with Crippen molar-refractivity contribution in [2.75, 3.05) is 11.9 Å². The van der Waals surface area contributed by atoms with Crippen molar-refractivity contribution in [2.45, 2.75) is 25.8 Å². The fourth-order valence-corrected chi connectivity index (χ4v) is 2.37. The molecule has 2 aromatic rings. The van der Waals surface area contributed by atoms with E-state index in [1.54, 1.807) is 0 Å². The van der Waals surface area contributed by atoms with E-state index in [0.29, 0.717) is 0 Å². The average molecular weight is 241 g/mol. The lowest BCUT2D eigenvalue weighted by Crippen LogP contribution is -2.31. The largest absolute Gasteiger partial charge is 0.383 e. The van der Waals surface area contributed by atoms with Gasteiger partial charge >= 0.3 is 0 Å². The monoisotopic (exact) mass is 241 g/mol. The molecule has 3 nitrogen and oxygen atoms in total. The normalized spacial score (nSPS) is 16.8. The molecule has 0 amide bonds. The number of nitrogens with one attached hydrogen (secondary N) is 1. The summed E-state index contributed by atoms with van der Waals surface area (Å²) in [4.78, 5) is 4.54. The molecule has 94 valence electrons. The first kappa shape index (κ1) is 11.5. The van der Waals surface area contributed by atoms with Crippen molar-refractivity contribution in [3.8, 4) is 0 Å². The lowest BCUT2D eigenvalue weighted by atomic mass is 10.1. The molecule has 0 saturated heterocycles. The predicted molar refractivity (Wildman–Crippen MR) is 75.7 cm³/mol. The van der Waals surface area contributed by atoms with Crippen LogP contribution in [0, 0.1) is 12.8 Å². The number of aromatic nitrogens is 1. The summed E-state index contributed by atoms with van der Waals surface area (Å²) in [7, 11) is 0. The molecule has 0 spiro atoms. The number of aryl methyl sites for hydroxylation is 1. The molecule has 1 aliphatic carbocycles. The van der Waals surface area contributed by atoms with E-state index in [9.17, 15) is 0 Å². The highest BCUT2D eigenvalue weighted by molar-refractivity contribution is 5.91. The van der Waals surface area contributed by atoms with E-state index in [-0.39, 0.29) is 6.04 Å². The summed E-state index contributed by atoms with van der Waals surface area (Å²) >= 11 is 0. The smallest absolute Gasteiger partial charge is 0.0725 e. The maximum absolute atomic E-state index is 6.13. The molecule has 1 aromatic heterocycles. The number of pyridine rings is 1. The number of nitrogens with zero attached hydrogens (tertiary/aromatic N) is 1. The van der Waals surface area contributed by atoms with Gasteiger partial charge in [0.05, 0.1) is 5.52 Å². The molecule has 1 atom stereocenters. The summed E-state index contributed by atoms with van der Waals surface area (Å²) in [6, 6.07) is 10.6. The van der Waals surface area contributed by atoms with Gasteiger partial charge in [0.25, 0.3) is 0 Å². The van der Waals surface area contributed by atoms with Crippen LogP contribution in [0.5, 0.6) is 0 Å². The Morgan fingerprint density at radius 1 is 1.39 bits per heavy atom. The molecule has 1 aliphatic rings. The summed E-state index contributed by atoms with van der Waals surface area (Å²) in [5, 5.41) is 4.66. The Labute approximate surface area is 107 Å². The third-order valence-electron chi connectivity index (χ3n) is 3.60. The maximum atomic E-state index is 6.13. The number of anilines is 1. The van der Waals surface area contributed by atoms with E-state index in [2.05, 4.69) is 22.4 Å². The Bertz CT molecular complexity index is 561. The van der Waals surface area contributed by atoms with Gasteiger partial charge in [-0.25, -0.2) is 0 Å². The Morgan fingerprint density at radius 3 is 2.94 bits per heavy atom. The van der Waals surface area contributed by atoms with E-state index < -0.39 is 0 Å². The SMILES string of the molecule is Cc1cc(NCC(N)C2CC2)c2ccccc2n1. The van der Waals surface area contributed by atoms with Crippen LogP contribution in [0.2, 0.25) is 0 Å². The Morgan fingerprint density at radius 2 is 2.17 bits per heavy atom. The summed E-state index contributed by atoms with van der Waals surface area (Å²) in [5.41, 5.74) is 9.36. The Balaban J connectivity index is 1.85. The zero-order chi connectivity index (χ0) is 12.5. The number of rotatable bonds is 4. The molecule has 1 aromatic carbocycles. The molecule has 1 heterocycles. The number of benzene rings is 1. The second kappa shape index (κ2) is 4.58. The minimum Gasteiger partial charge on any atom is -0.383 e. The molecule has 18 heavy (non-hydrogen) atoms. The van der Waals surface area contributed by atoms with E-state index >= 15 is 0 Å². The number of hydrogen-bond donors (Lipinski definition) is 2. The highest BCUT2D eigenvalue weighted by Crippen LogP contribution is 2.32. The van der Waals surface area contributed by atoms with Crippen LogP contribution < -0.4 is 11.1 Å². The van der Waals surface area contributed by atoms with Gasteiger partial charge in [-0.1, -0.05) is 18.2 Å². The van der Waals surface area contributed by atoms with Crippen molar-refractivity contribution in [1.29, 1.82) is 0 Å². The molecule has 1 unspecified atom stereocenters. The van der Waals surface area contributed by atoms with Crippen LogP contribution in [0.1, 0.15) is 18.5 Å². The second-order valence-electron chi connectivity index (χ2n) is 5.21. The third kappa shape index (κ3) is 2.31. The summed E-state index contributed by atoms with van der Waals surface area (Å²) in [6.45, 7) is 2.87. The molecule has 1 saturated carbocycles. The van der Waals surface area contributed by atoms with Gasteiger partial charge in [0.15, 0.2) is 0 Å². The van der Waals surface area contributed by atoms with Crippen molar-refractivity contribution in [3.63, 3.8) is 0 Å². The quantitative estimate of drug-likeness (QED) is 0.865. The van der Waals surface area contributed by atoms with Gasteiger partial charge in [0, 0.05) is 29.4 Å². The van der Waals surface area contributed by atoms with Crippen molar-refractivity contribution in [3.05, 3.63) is 36.0 Å². The minimum absolute atomic E-state index is 0.275. The lowest BCUT2D eigenvalue weighted by molar-refractivity contribution is 0.621. The number of para-hydroxylation sites is 1. The zero-order valence-corrected chi connectivity index (χ0v) is 10.7. The van der Waals surface area contributed by atoms with Gasteiger partial charge in [0.1, 0.15) is 0 Å². The first-order chi connectivity index (χ1) is 8.74. The summed E-state index contributed by atoms with van der Waals surface area (Å²) in [5.74, 6) is 0.728. The van der Waals surface area contributed by atoms with Gasteiger partial charge < -0.3 is 11.1 Å². The van der Waals surface area contributed by atoms with Crippen LogP contribution >= 0.6 is 0 Å². The summed E-state index contributed by atoms with van der Waals surface area (Å²) < 4.78 is 0. The fourth-order valence-electron chi connectivity index (χ4n) is 2.37. The second-order valence-corrected chi connectivity index (χ2v) is 5.21. The van der Waals surface area contributed by atoms with Gasteiger partial charge in [0.2, 0.25) is 0 Å². The summed E-state index contributed by atoms with van der Waals surface area (Å²) in [6.07, 6.45) is 2.58. The van der Waals surface area contributed by atoms with Crippen LogP contribution in [-0.4, -0.2) is 17.6 Å². The molecule has 3 heteroatoms. The van der Waals surface area contributed by atoms with Gasteiger partial charge in [-0.15, -0.1) is 0 Å². The Hall–Kier alpha value is -1.61. The van der Waals surface area contributed by atoms with Crippen LogP contribution in [0.4, 0.5) is 5.69 Å². The molecule has 3 rings (SSSR count). The number of nitrogens with two attached hydrogens (primary N) is 1. The Kier molecular flexibility index (Phi) is 2.92. The maximum Gasteiger partial charge on any atom is 0.0725 e. The first-order valence-electron chi connectivity index (χ1n) is 6.60. The average Bonchev–Trinajstić information content (AvgIpc) is 3.19. The molecular weight excluding hydrogens is 222 g/mol. The molecule has 3 N–H and O–H groups in total. The van der Waals surface area contributed by atoms with E-state index in [4.69, 9.17) is 5.73 Å². The van der Waals surface area contributed by atoms with Crippen molar-refractivity contribution >= 4 is 16.6 Å². The molecule has 1 fully saturated rings. The minimum atomic E-state index is 0.275. The predicted octanol–water partition coefficient (Wildman–Crippen LogP) is 2.69. The van der Waals surface area contributed by atoms with Crippen molar-refractivity contribution < 1.29 is 0 Å².